The lowest BCUT2D eigenvalue weighted by Gasteiger charge is -2.28. The molecule has 15 heteroatoms. The largest absolute Gasteiger partial charge is 0.434 e. The van der Waals surface area contributed by atoms with E-state index in [1.807, 2.05) is 5.48 Å². The molecule has 1 aromatic carbocycles. The molecule has 1 atom stereocenters. The zero-order valence-corrected chi connectivity index (χ0v) is 19.6. The van der Waals surface area contributed by atoms with Gasteiger partial charge in [0.2, 0.25) is 5.60 Å². The molecule has 0 fully saturated rings. The van der Waals surface area contributed by atoms with Crippen molar-refractivity contribution in [2.45, 2.75) is 24.5 Å². The lowest BCUT2D eigenvalue weighted by atomic mass is 9.92. The van der Waals surface area contributed by atoms with Crippen LogP contribution in [0.1, 0.15) is 33.1 Å². The Bertz CT molecular complexity index is 1350. The van der Waals surface area contributed by atoms with E-state index >= 15 is 0 Å². The van der Waals surface area contributed by atoms with Gasteiger partial charge in [0.25, 0.3) is 5.91 Å². The Balaban J connectivity index is 1.72. The summed E-state index contributed by atoms with van der Waals surface area (Å²) in [6.07, 6.45) is -7.79. The maximum Gasteiger partial charge on any atom is 0.434 e. The second-order valence-corrected chi connectivity index (χ2v) is 8.48. The molecule has 0 bridgehead atoms. The first-order chi connectivity index (χ1) is 17.3. The fourth-order valence-electron chi connectivity index (χ4n) is 3.38. The summed E-state index contributed by atoms with van der Waals surface area (Å²) >= 11 is 11.7. The molecule has 2 aromatic heterocycles. The van der Waals surface area contributed by atoms with E-state index in [0.29, 0.717) is 18.0 Å². The highest BCUT2D eigenvalue weighted by molar-refractivity contribution is 6.34. The van der Waals surface area contributed by atoms with Crippen molar-refractivity contribution >= 4 is 34.8 Å². The maximum absolute atomic E-state index is 14.1. The molecule has 37 heavy (non-hydrogen) atoms. The first-order valence-corrected chi connectivity index (χ1v) is 10.9. The van der Waals surface area contributed by atoms with E-state index in [2.05, 4.69) is 20.3 Å². The lowest BCUT2D eigenvalue weighted by molar-refractivity contribution is -0.269. The Morgan fingerprint density at radius 3 is 2.35 bits per heavy atom. The van der Waals surface area contributed by atoms with Crippen LogP contribution in [0, 0.1) is 0 Å². The van der Waals surface area contributed by atoms with Crippen LogP contribution in [-0.4, -0.2) is 27.0 Å². The van der Waals surface area contributed by atoms with Gasteiger partial charge in [0.1, 0.15) is 5.70 Å². The van der Waals surface area contributed by atoms with Gasteiger partial charge in [-0.25, -0.2) is 9.97 Å². The van der Waals surface area contributed by atoms with E-state index in [9.17, 15) is 31.1 Å². The smallest absolute Gasteiger partial charge is 0.346 e. The number of hydroxylamine groups is 1. The first kappa shape index (κ1) is 26.6. The summed E-state index contributed by atoms with van der Waals surface area (Å²) < 4.78 is 83.7. The van der Waals surface area contributed by atoms with E-state index < -0.39 is 52.2 Å². The molecular weight excluding hydrogens is 551 g/mol. The van der Waals surface area contributed by atoms with E-state index in [1.54, 1.807) is 18.2 Å². The third-order valence-electron chi connectivity index (χ3n) is 5.08. The Morgan fingerprint density at radius 1 is 1.05 bits per heavy atom. The van der Waals surface area contributed by atoms with Gasteiger partial charge in [0, 0.05) is 28.0 Å². The molecule has 1 amide bonds. The summed E-state index contributed by atoms with van der Waals surface area (Å²) in [5, 5.41) is 2.01. The quantitative estimate of drug-likeness (QED) is 0.401. The van der Waals surface area contributed by atoms with Gasteiger partial charge >= 0.3 is 12.4 Å². The summed E-state index contributed by atoms with van der Waals surface area (Å²) in [5.41, 5.74) is -4.61. The molecule has 3 heterocycles. The minimum Gasteiger partial charge on any atom is -0.346 e. The van der Waals surface area contributed by atoms with Crippen LogP contribution in [0.5, 0.6) is 0 Å². The van der Waals surface area contributed by atoms with Crippen LogP contribution in [0.3, 0.4) is 0 Å². The summed E-state index contributed by atoms with van der Waals surface area (Å²) in [6, 6.07) is 7.86. The molecule has 0 saturated carbocycles. The number of halogens is 8. The fourth-order valence-corrected chi connectivity index (χ4v) is 3.91. The lowest BCUT2D eigenvalue weighted by Crippen LogP contribution is -2.42. The van der Waals surface area contributed by atoms with Gasteiger partial charge in [-0.15, -0.1) is 0 Å². The van der Waals surface area contributed by atoms with Gasteiger partial charge in [-0.1, -0.05) is 29.3 Å². The summed E-state index contributed by atoms with van der Waals surface area (Å²) in [7, 11) is 0. The number of nitrogens with zero attached hydrogens (tertiary/aromatic N) is 3. The highest BCUT2D eigenvalue weighted by atomic mass is 35.5. The third-order valence-corrected chi connectivity index (χ3v) is 5.52. The predicted octanol–water partition coefficient (Wildman–Crippen LogP) is 5.46. The van der Waals surface area contributed by atoms with Crippen LogP contribution in [0.4, 0.5) is 26.3 Å². The number of carbonyl (C=O) groups is 1. The standard InChI is InChI=1S/C22H13Cl2F6N5O2/c23-12-5-11(6-13(24)7-12)20(22(28,29)30)8-16(35-37-20)18-32-10-15(17(34-18)21(25,26)27)19(36)33-9-14-3-1-2-4-31-14/h1-8,10,35H,9H2,(H,33,36). The van der Waals surface area contributed by atoms with Crippen LogP contribution >= 0.6 is 23.2 Å². The van der Waals surface area contributed by atoms with E-state index in [1.165, 1.54) is 12.3 Å². The zero-order valence-electron chi connectivity index (χ0n) is 18.1. The van der Waals surface area contributed by atoms with Gasteiger partial charge in [-0.2, -0.15) is 26.3 Å². The molecule has 2 N–H and O–H groups in total. The highest BCUT2D eigenvalue weighted by Gasteiger charge is 2.60. The van der Waals surface area contributed by atoms with Gasteiger partial charge < -0.3 is 5.32 Å². The van der Waals surface area contributed by atoms with Crippen molar-refractivity contribution in [3.63, 3.8) is 0 Å². The number of aromatic nitrogens is 3. The summed E-state index contributed by atoms with van der Waals surface area (Å²) in [4.78, 5) is 28.2. The molecule has 4 rings (SSSR count). The average Bonchev–Trinajstić information content (AvgIpc) is 3.29. The molecule has 1 unspecified atom stereocenters. The topological polar surface area (TPSA) is 89.0 Å². The third kappa shape index (κ3) is 5.48. The Hall–Kier alpha value is -3.42. The number of pyridine rings is 1. The zero-order chi connectivity index (χ0) is 27.0. The molecule has 194 valence electrons. The molecule has 0 saturated heterocycles. The second-order valence-electron chi connectivity index (χ2n) is 7.61. The molecule has 7 nitrogen and oxygen atoms in total. The van der Waals surface area contributed by atoms with Gasteiger partial charge in [0.05, 0.1) is 17.8 Å². The van der Waals surface area contributed by atoms with Crippen LogP contribution < -0.4 is 10.8 Å². The Morgan fingerprint density at radius 2 is 1.76 bits per heavy atom. The predicted molar refractivity (Wildman–Crippen MR) is 119 cm³/mol. The number of alkyl halides is 6. The monoisotopic (exact) mass is 563 g/mol. The summed E-state index contributed by atoms with van der Waals surface area (Å²) in [5.74, 6) is -1.96. The molecule has 0 radical (unpaired) electrons. The van der Waals surface area contributed by atoms with E-state index in [0.717, 1.165) is 12.1 Å². The molecular formula is C22H13Cl2F6N5O2. The highest BCUT2D eigenvalue weighted by Crippen LogP contribution is 2.48. The first-order valence-electron chi connectivity index (χ1n) is 10.1. The van der Waals surface area contributed by atoms with E-state index in [-0.39, 0.29) is 16.6 Å². The Labute approximate surface area is 214 Å². The molecule has 3 aromatic rings. The van der Waals surface area contributed by atoms with Crippen molar-refractivity contribution < 1.29 is 36.0 Å². The normalized spacial score (nSPS) is 17.8. The van der Waals surface area contributed by atoms with Crippen molar-refractivity contribution in [2.24, 2.45) is 0 Å². The van der Waals surface area contributed by atoms with Gasteiger partial charge in [0.15, 0.2) is 11.5 Å². The number of benzene rings is 1. The second kappa shape index (κ2) is 9.80. The van der Waals surface area contributed by atoms with Crippen molar-refractivity contribution in [2.75, 3.05) is 0 Å². The van der Waals surface area contributed by atoms with Gasteiger partial charge in [-0.05, 0) is 36.4 Å². The minimum atomic E-state index is -5.14. The number of amides is 1. The SMILES string of the molecule is O=C(NCc1ccccn1)c1cnc(C2=CC(c3cc(Cl)cc(Cl)c3)(C(F)(F)F)ON2)nc1C(F)(F)F. The Kier molecular flexibility index (Phi) is 7.06. The van der Waals surface area contributed by atoms with Crippen LogP contribution in [0.2, 0.25) is 10.0 Å². The fraction of sp³-hybridized carbons (Fsp3) is 0.182. The molecule has 1 aliphatic heterocycles. The number of rotatable bonds is 5. The van der Waals surface area contributed by atoms with Crippen molar-refractivity contribution in [1.29, 1.82) is 0 Å². The number of carbonyl (C=O) groups excluding carboxylic acids is 1. The molecule has 0 aliphatic carbocycles. The number of hydrogen-bond acceptors (Lipinski definition) is 6. The van der Waals surface area contributed by atoms with Crippen LogP contribution in [0.25, 0.3) is 5.70 Å². The van der Waals surface area contributed by atoms with Crippen molar-refractivity contribution in [3.8, 4) is 0 Å². The van der Waals surface area contributed by atoms with E-state index in [4.69, 9.17) is 28.0 Å². The minimum absolute atomic E-state index is 0.131. The number of hydrogen-bond donors (Lipinski definition) is 2. The van der Waals surface area contributed by atoms with Crippen molar-refractivity contribution in [3.05, 3.63) is 93.3 Å². The van der Waals surface area contributed by atoms with Crippen molar-refractivity contribution in [1.82, 2.24) is 25.7 Å². The summed E-state index contributed by atoms with van der Waals surface area (Å²) in [6.45, 7) is -0.185. The molecule has 1 aliphatic rings. The molecule has 0 spiro atoms. The van der Waals surface area contributed by atoms with Gasteiger partial charge in [-0.3, -0.25) is 20.1 Å². The number of nitrogens with one attached hydrogen (secondary N) is 2. The van der Waals surface area contributed by atoms with Crippen LogP contribution in [-0.2, 0) is 23.2 Å². The maximum atomic E-state index is 14.1. The van der Waals surface area contributed by atoms with Crippen LogP contribution in [0.15, 0.2) is 54.9 Å². The average molecular weight is 564 g/mol.